The van der Waals surface area contributed by atoms with Crippen LogP contribution in [0.5, 0.6) is 5.75 Å². The Labute approximate surface area is 157 Å². The van der Waals surface area contributed by atoms with Gasteiger partial charge in [0.2, 0.25) is 11.9 Å². The minimum absolute atomic E-state index is 0.117. The molecule has 0 spiro atoms. The van der Waals surface area contributed by atoms with Crippen LogP contribution in [0.15, 0.2) is 60.8 Å². The van der Waals surface area contributed by atoms with Crippen molar-refractivity contribution in [2.75, 3.05) is 22.6 Å². The van der Waals surface area contributed by atoms with Gasteiger partial charge in [0.15, 0.2) is 0 Å². The van der Waals surface area contributed by atoms with Gasteiger partial charge in [-0.15, -0.1) is 0 Å². The van der Waals surface area contributed by atoms with Gasteiger partial charge in [0.05, 0.1) is 12.3 Å². The number of aromatic nitrogens is 2. The molecule has 7 heteroatoms. The van der Waals surface area contributed by atoms with E-state index in [-0.39, 0.29) is 5.91 Å². The van der Waals surface area contributed by atoms with Crippen molar-refractivity contribution in [3.63, 3.8) is 0 Å². The largest absolute Gasteiger partial charge is 0.492 e. The van der Waals surface area contributed by atoms with Crippen LogP contribution in [0.1, 0.15) is 13.8 Å². The summed E-state index contributed by atoms with van der Waals surface area (Å²) in [7, 11) is 0. The summed E-state index contributed by atoms with van der Waals surface area (Å²) in [5, 5.41) is 9.14. The first kappa shape index (κ1) is 18.2. The smallest absolute Gasteiger partial charge is 0.229 e. The Hall–Kier alpha value is -3.61. The van der Waals surface area contributed by atoms with Gasteiger partial charge in [-0.2, -0.15) is 4.98 Å². The lowest BCUT2D eigenvalue weighted by molar-refractivity contribution is -0.114. The zero-order valence-electron chi connectivity index (χ0n) is 15.2. The molecule has 7 nitrogen and oxygen atoms in total. The molecule has 0 atom stereocenters. The van der Waals surface area contributed by atoms with Gasteiger partial charge >= 0.3 is 0 Å². The maximum atomic E-state index is 11.2. The fraction of sp³-hybridized carbons (Fsp3) is 0.150. The average molecular weight is 363 g/mol. The molecule has 0 radical (unpaired) electrons. The standard InChI is InChI=1S/C20H21N5O2/c1-3-27-18-10-5-4-9-17(18)24-20-21-12-11-19(25-20)23-16-8-6-7-15(13-16)22-14(2)26/h4-13H,3H2,1-2H3,(H,22,26)(H2,21,23,24,25). The third-order valence-electron chi connectivity index (χ3n) is 3.54. The Kier molecular flexibility index (Phi) is 5.84. The number of hydrogen-bond acceptors (Lipinski definition) is 6. The van der Waals surface area contributed by atoms with Gasteiger partial charge in [0, 0.05) is 24.5 Å². The molecule has 3 rings (SSSR count). The Morgan fingerprint density at radius 3 is 2.67 bits per heavy atom. The van der Waals surface area contributed by atoms with E-state index in [4.69, 9.17) is 4.74 Å². The highest BCUT2D eigenvalue weighted by Crippen LogP contribution is 2.26. The third-order valence-corrected chi connectivity index (χ3v) is 3.54. The lowest BCUT2D eigenvalue weighted by atomic mass is 10.2. The summed E-state index contributed by atoms with van der Waals surface area (Å²) < 4.78 is 5.61. The molecule has 0 bridgehead atoms. The van der Waals surface area contributed by atoms with Crippen LogP contribution in [0.2, 0.25) is 0 Å². The van der Waals surface area contributed by atoms with Crippen LogP contribution < -0.4 is 20.7 Å². The summed E-state index contributed by atoms with van der Waals surface area (Å²) in [6.45, 7) is 3.99. The van der Waals surface area contributed by atoms with Crippen LogP contribution in [-0.2, 0) is 4.79 Å². The van der Waals surface area contributed by atoms with Crippen molar-refractivity contribution in [2.24, 2.45) is 0 Å². The second kappa shape index (κ2) is 8.66. The molecule has 27 heavy (non-hydrogen) atoms. The lowest BCUT2D eigenvalue weighted by Gasteiger charge is -2.12. The molecule has 3 aromatic rings. The second-order valence-electron chi connectivity index (χ2n) is 5.71. The molecule has 0 aliphatic carbocycles. The highest BCUT2D eigenvalue weighted by Gasteiger charge is 2.06. The first-order valence-corrected chi connectivity index (χ1v) is 8.60. The number of para-hydroxylation sites is 2. The molecule has 3 N–H and O–H groups in total. The normalized spacial score (nSPS) is 10.1. The van der Waals surface area contributed by atoms with Gasteiger partial charge in [0.25, 0.3) is 0 Å². The Bertz CT molecular complexity index is 930. The zero-order valence-corrected chi connectivity index (χ0v) is 15.2. The zero-order chi connectivity index (χ0) is 19.1. The maximum absolute atomic E-state index is 11.2. The van der Waals surface area contributed by atoms with E-state index in [2.05, 4.69) is 25.9 Å². The molecule has 138 valence electrons. The molecule has 1 aromatic heterocycles. The van der Waals surface area contributed by atoms with E-state index < -0.39 is 0 Å². The summed E-state index contributed by atoms with van der Waals surface area (Å²) in [4.78, 5) is 19.9. The monoisotopic (exact) mass is 363 g/mol. The predicted octanol–water partition coefficient (Wildman–Crippen LogP) is 4.32. The lowest BCUT2D eigenvalue weighted by Crippen LogP contribution is -2.06. The molecular weight excluding hydrogens is 342 g/mol. The summed E-state index contributed by atoms with van der Waals surface area (Å²) in [6, 6.07) is 16.8. The van der Waals surface area contributed by atoms with E-state index >= 15 is 0 Å². The van der Waals surface area contributed by atoms with Gasteiger partial charge in [-0.1, -0.05) is 18.2 Å². The molecule has 0 unspecified atom stereocenters. The van der Waals surface area contributed by atoms with Crippen molar-refractivity contribution in [1.82, 2.24) is 9.97 Å². The van der Waals surface area contributed by atoms with Crippen molar-refractivity contribution in [1.29, 1.82) is 0 Å². The highest BCUT2D eigenvalue weighted by molar-refractivity contribution is 5.89. The maximum Gasteiger partial charge on any atom is 0.229 e. The number of amides is 1. The van der Waals surface area contributed by atoms with Crippen LogP contribution in [-0.4, -0.2) is 22.5 Å². The molecule has 2 aromatic carbocycles. The summed E-state index contributed by atoms with van der Waals surface area (Å²) >= 11 is 0. The van der Waals surface area contributed by atoms with E-state index in [1.807, 2.05) is 55.5 Å². The van der Waals surface area contributed by atoms with Crippen LogP contribution in [0, 0.1) is 0 Å². The minimum Gasteiger partial charge on any atom is -0.492 e. The number of hydrogen-bond donors (Lipinski definition) is 3. The van der Waals surface area contributed by atoms with E-state index in [9.17, 15) is 4.79 Å². The number of nitrogens with zero attached hydrogens (tertiary/aromatic N) is 2. The van der Waals surface area contributed by atoms with E-state index in [1.165, 1.54) is 6.92 Å². The fourth-order valence-corrected chi connectivity index (χ4v) is 2.49. The number of rotatable bonds is 7. The van der Waals surface area contributed by atoms with Crippen molar-refractivity contribution >= 4 is 34.7 Å². The van der Waals surface area contributed by atoms with Gasteiger partial charge in [0.1, 0.15) is 11.6 Å². The van der Waals surface area contributed by atoms with E-state index in [0.29, 0.717) is 24.1 Å². The van der Waals surface area contributed by atoms with Crippen LogP contribution in [0.3, 0.4) is 0 Å². The Morgan fingerprint density at radius 1 is 1.04 bits per heavy atom. The topological polar surface area (TPSA) is 88.2 Å². The molecule has 0 saturated heterocycles. The summed E-state index contributed by atoms with van der Waals surface area (Å²) in [5.74, 6) is 1.70. The number of benzene rings is 2. The summed E-state index contributed by atoms with van der Waals surface area (Å²) in [5.41, 5.74) is 2.32. The first-order valence-electron chi connectivity index (χ1n) is 8.60. The van der Waals surface area contributed by atoms with Gasteiger partial charge in [-0.05, 0) is 43.3 Å². The number of nitrogens with one attached hydrogen (secondary N) is 3. The molecule has 0 aliphatic heterocycles. The van der Waals surface area contributed by atoms with Crippen molar-refractivity contribution in [3.8, 4) is 5.75 Å². The van der Waals surface area contributed by atoms with Crippen LogP contribution in [0.4, 0.5) is 28.8 Å². The molecule has 1 heterocycles. The highest BCUT2D eigenvalue weighted by atomic mass is 16.5. The number of carbonyl (C=O) groups excluding carboxylic acids is 1. The molecule has 0 aliphatic rings. The van der Waals surface area contributed by atoms with Gasteiger partial charge < -0.3 is 20.7 Å². The van der Waals surface area contributed by atoms with Crippen LogP contribution >= 0.6 is 0 Å². The van der Waals surface area contributed by atoms with E-state index in [1.54, 1.807) is 12.3 Å². The van der Waals surface area contributed by atoms with Crippen molar-refractivity contribution in [2.45, 2.75) is 13.8 Å². The average Bonchev–Trinajstić information content (AvgIpc) is 2.64. The third kappa shape index (κ3) is 5.18. The quantitative estimate of drug-likeness (QED) is 0.579. The minimum atomic E-state index is -0.117. The summed E-state index contributed by atoms with van der Waals surface area (Å²) in [6.07, 6.45) is 1.67. The number of anilines is 5. The second-order valence-corrected chi connectivity index (χ2v) is 5.71. The van der Waals surface area contributed by atoms with Gasteiger partial charge in [-0.25, -0.2) is 4.98 Å². The first-order chi connectivity index (χ1) is 13.1. The SMILES string of the molecule is CCOc1ccccc1Nc1nccc(Nc2cccc(NC(C)=O)c2)n1. The van der Waals surface area contributed by atoms with Crippen molar-refractivity contribution in [3.05, 3.63) is 60.8 Å². The Morgan fingerprint density at radius 2 is 1.85 bits per heavy atom. The fourth-order valence-electron chi connectivity index (χ4n) is 2.49. The van der Waals surface area contributed by atoms with Gasteiger partial charge in [-0.3, -0.25) is 4.79 Å². The van der Waals surface area contributed by atoms with E-state index in [0.717, 1.165) is 17.1 Å². The molecule has 1 amide bonds. The number of carbonyl (C=O) groups is 1. The molecule has 0 fully saturated rings. The van der Waals surface area contributed by atoms with Crippen LogP contribution in [0.25, 0.3) is 0 Å². The molecule has 0 saturated carbocycles. The predicted molar refractivity (Wildman–Crippen MR) is 107 cm³/mol. The molecular formula is C20H21N5O2. The Balaban J connectivity index is 1.76. The number of ether oxygens (including phenoxy) is 1. The van der Waals surface area contributed by atoms with Crippen molar-refractivity contribution < 1.29 is 9.53 Å².